The molecule has 0 bridgehead atoms. The second-order valence-electron chi connectivity index (χ2n) is 3.50. The normalized spacial score (nSPS) is 18.5. The van der Waals surface area contributed by atoms with Crippen LogP contribution in [0.4, 0.5) is 0 Å². The molecule has 0 amide bonds. The van der Waals surface area contributed by atoms with Gasteiger partial charge in [0.25, 0.3) is 0 Å². The molecule has 0 rings (SSSR count). The molecule has 0 aromatic rings. The fourth-order valence-electron chi connectivity index (χ4n) is 0.945. The first kappa shape index (κ1) is 11.1. The average molecular weight is 181 g/mol. The molecule has 0 heterocycles. The largest absolute Gasteiger partial charge is 0.344 e. The van der Waals surface area contributed by atoms with E-state index in [1.807, 2.05) is 13.8 Å². The van der Waals surface area contributed by atoms with Crippen LogP contribution in [-0.4, -0.2) is 15.1 Å². The van der Waals surface area contributed by atoms with Gasteiger partial charge in [-0.1, -0.05) is 13.8 Å². The third kappa shape index (κ3) is 3.34. The molecular formula is C6H16NO3P. The summed E-state index contributed by atoms with van der Waals surface area (Å²) in [6, 6.07) is 0. The van der Waals surface area contributed by atoms with Gasteiger partial charge in [-0.05, 0) is 19.3 Å². The van der Waals surface area contributed by atoms with E-state index in [1.165, 1.54) is 6.92 Å². The number of hydrogen-bond donors (Lipinski definition) is 3. The van der Waals surface area contributed by atoms with Crippen LogP contribution in [0.1, 0.15) is 27.2 Å². The highest BCUT2D eigenvalue weighted by molar-refractivity contribution is 7.53. The first-order chi connectivity index (χ1) is 4.67. The summed E-state index contributed by atoms with van der Waals surface area (Å²) in [5.74, 6) is 0.192. The molecule has 0 saturated heterocycles. The van der Waals surface area contributed by atoms with E-state index in [2.05, 4.69) is 0 Å². The highest BCUT2D eigenvalue weighted by Crippen LogP contribution is 2.49. The Morgan fingerprint density at radius 3 is 2.00 bits per heavy atom. The lowest BCUT2D eigenvalue weighted by Crippen LogP contribution is -2.37. The van der Waals surface area contributed by atoms with E-state index in [4.69, 9.17) is 15.5 Å². The van der Waals surface area contributed by atoms with Gasteiger partial charge in [0.1, 0.15) is 5.28 Å². The standard InChI is InChI=1S/C6H16NO3P/c1-5(2)4-6(3,7)11(8,9)10/h5H,4,7H2,1-3H3,(H2,8,9,10)/t6-/m1/s1. The molecule has 11 heavy (non-hydrogen) atoms. The van der Waals surface area contributed by atoms with Crippen molar-refractivity contribution in [2.24, 2.45) is 11.7 Å². The van der Waals surface area contributed by atoms with Gasteiger partial charge in [-0.25, -0.2) is 0 Å². The van der Waals surface area contributed by atoms with Crippen molar-refractivity contribution >= 4 is 7.60 Å². The summed E-state index contributed by atoms with van der Waals surface area (Å²) in [4.78, 5) is 17.6. The fourth-order valence-corrected chi connectivity index (χ4v) is 1.55. The summed E-state index contributed by atoms with van der Waals surface area (Å²) in [5.41, 5.74) is 5.43. The van der Waals surface area contributed by atoms with Crippen LogP contribution < -0.4 is 5.73 Å². The maximum absolute atomic E-state index is 10.8. The molecule has 68 valence electrons. The minimum atomic E-state index is -4.14. The lowest BCUT2D eigenvalue weighted by molar-refractivity contribution is 0.311. The Bertz CT molecular complexity index is 173. The van der Waals surface area contributed by atoms with Crippen molar-refractivity contribution in [2.45, 2.75) is 32.5 Å². The summed E-state index contributed by atoms with van der Waals surface area (Å²) in [6.07, 6.45) is 0.331. The predicted octanol–water partition coefficient (Wildman–Crippen LogP) is 0.885. The van der Waals surface area contributed by atoms with E-state index >= 15 is 0 Å². The van der Waals surface area contributed by atoms with Crippen molar-refractivity contribution in [3.05, 3.63) is 0 Å². The number of nitrogens with two attached hydrogens (primary N) is 1. The fraction of sp³-hybridized carbons (Fsp3) is 1.00. The van der Waals surface area contributed by atoms with Gasteiger partial charge in [-0.2, -0.15) is 0 Å². The van der Waals surface area contributed by atoms with Crippen LogP contribution >= 0.6 is 7.60 Å². The molecule has 0 saturated carbocycles. The lowest BCUT2D eigenvalue weighted by Gasteiger charge is -2.27. The van der Waals surface area contributed by atoms with Crippen LogP contribution in [-0.2, 0) is 4.57 Å². The predicted molar refractivity (Wildman–Crippen MR) is 44.1 cm³/mol. The van der Waals surface area contributed by atoms with E-state index in [1.54, 1.807) is 0 Å². The monoisotopic (exact) mass is 181 g/mol. The molecule has 0 aromatic carbocycles. The minimum Gasteiger partial charge on any atom is -0.323 e. The molecule has 0 aliphatic heterocycles. The Morgan fingerprint density at radius 1 is 1.55 bits per heavy atom. The zero-order valence-electron chi connectivity index (χ0n) is 7.11. The SMILES string of the molecule is CC(C)C[C@](C)(N)P(=O)(O)O. The summed E-state index contributed by atoms with van der Waals surface area (Å²) < 4.78 is 10.8. The summed E-state index contributed by atoms with van der Waals surface area (Å²) >= 11 is 0. The zero-order chi connectivity index (χ0) is 9.28. The average Bonchev–Trinajstić information content (AvgIpc) is 1.56. The Hall–Kier alpha value is 0.110. The Morgan fingerprint density at radius 2 is 1.91 bits per heavy atom. The Kier molecular flexibility index (Phi) is 3.27. The van der Waals surface area contributed by atoms with Crippen molar-refractivity contribution in [1.82, 2.24) is 0 Å². The summed E-state index contributed by atoms with van der Waals surface area (Å²) in [5, 5.41) is -1.37. The van der Waals surface area contributed by atoms with Crippen molar-refractivity contribution < 1.29 is 14.4 Å². The minimum absolute atomic E-state index is 0.192. The smallest absolute Gasteiger partial charge is 0.323 e. The van der Waals surface area contributed by atoms with Gasteiger partial charge in [-0.3, -0.25) is 4.57 Å². The first-order valence-electron chi connectivity index (χ1n) is 3.51. The molecule has 0 aliphatic carbocycles. The number of hydrogen-bond acceptors (Lipinski definition) is 2. The molecular weight excluding hydrogens is 165 g/mol. The van der Waals surface area contributed by atoms with E-state index in [0.29, 0.717) is 6.42 Å². The maximum atomic E-state index is 10.8. The van der Waals surface area contributed by atoms with Crippen LogP contribution in [0, 0.1) is 5.92 Å². The quantitative estimate of drug-likeness (QED) is 0.564. The van der Waals surface area contributed by atoms with Crippen LogP contribution in [0.25, 0.3) is 0 Å². The van der Waals surface area contributed by atoms with Crippen LogP contribution in [0.3, 0.4) is 0 Å². The summed E-state index contributed by atoms with van der Waals surface area (Å²) in [6.45, 7) is 5.13. The maximum Gasteiger partial charge on any atom is 0.344 e. The molecule has 0 aromatic heterocycles. The van der Waals surface area contributed by atoms with Gasteiger partial charge in [0, 0.05) is 0 Å². The number of rotatable bonds is 3. The molecule has 5 heteroatoms. The van der Waals surface area contributed by atoms with Gasteiger partial charge < -0.3 is 15.5 Å². The molecule has 0 radical (unpaired) electrons. The van der Waals surface area contributed by atoms with Crippen molar-refractivity contribution in [1.29, 1.82) is 0 Å². The van der Waals surface area contributed by atoms with E-state index in [0.717, 1.165) is 0 Å². The Balaban J connectivity index is 4.35. The molecule has 0 fully saturated rings. The Labute approximate surface area is 67.0 Å². The van der Waals surface area contributed by atoms with Gasteiger partial charge in [0.05, 0.1) is 0 Å². The van der Waals surface area contributed by atoms with Crippen LogP contribution in [0.5, 0.6) is 0 Å². The molecule has 0 unspecified atom stereocenters. The van der Waals surface area contributed by atoms with Crippen LogP contribution in [0.2, 0.25) is 0 Å². The molecule has 4 N–H and O–H groups in total. The van der Waals surface area contributed by atoms with Gasteiger partial charge in [-0.15, -0.1) is 0 Å². The van der Waals surface area contributed by atoms with Crippen molar-refractivity contribution in [2.75, 3.05) is 0 Å². The second kappa shape index (κ2) is 3.23. The lowest BCUT2D eigenvalue weighted by atomic mass is 10.1. The van der Waals surface area contributed by atoms with Gasteiger partial charge >= 0.3 is 7.60 Å². The van der Waals surface area contributed by atoms with Gasteiger partial charge in [0.2, 0.25) is 0 Å². The third-order valence-corrected chi connectivity index (χ3v) is 3.00. The molecule has 0 spiro atoms. The highest BCUT2D eigenvalue weighted by Gasteiger charge is 2.38. The molecule has 4 nitrogen and oxygen atoms in total. The van der Waals surface area contributed by atoms with E-state index < -0.39 is 12.9 Å². The summed E-state index contributed by atoms with van der Waals surface area (Å²) in [7, 11) is -4.14. The zero-order valence-corrected chi connectivity index (χ0v) is 8.01. The van der Waals surface area contributed by atoms with Gasteiger partial charge in [0.15, 0.2) is 0 Å². The topological polar surface area (TPSA) is 83.6 Å². The first-order valence-corrected chi connectivity index (χ1v) is 5.12. The highest BCUT2D eigenvalue weighted by atomic mass is 31.2. The third-order valence-electron chi connectivity index (χ3n) is 1.49. The van der Waals surface area contributed by atoms with Crippen molar-refractivity contribution in [3.63, 3.8) is 0 Å². The van der Waals surface area contributed by atoms with E-state index in [9.17, 15) is 4.57 Å². The van der Waals surface area contributed by atoms with Crippen LogP contribution in [0.15, 0.2) is 0 Å². The second-order valence-corrected chi connectivity index (χ2v) is 5.61. The molecule has 0 aliphatic rings. The van der Waals surface area contributed by atoms with E-state index in [-0.39, 0.29) is 5.92 Å². The molecule has 1 atom stereocenters. The van der Waals surface area contributed by atoms with Crippen molar-refractivity contribution in [3.8, 4) is 0 Å².